The fourth-order valence-corrected chi connectivity index (χ4v) is 9.20. The second-order valence-electron chi connectivity index (χ2n) is 31.9. The van der Waals surface area contributed by atoms with Gasteiger partial charge in [0.1, 0.15) is 47.0 Å². The monoisotopic (exact) mass is 1760 g/mol. The molecule has 0 saturated carbocycles. The Balaban J connectivity index is -0.000000333. The summed E-state index contributed by atoms with van der Waals surface area (Å²) in [5, 5.41) is 55.8. The molecule has 0 radical (unpaired) electrons. The third-order valence-electron chi connectivity index (χ3n) is 19.1. The van der Waals surface area contributed by atoms with Crippen LogP contribution in [0.3, 0.4) is 0 Å². The van der Waals surface area contributed by atoms with E-state index in [0.717, 1.165) is 56.6 Å². The number of carbonyl (C=O) groups is 5. The Hall–Kier alpha value is -7.61. The van der Waals surface area contributed by atoms with Crippen molar-refractivity contribution in [3.05, 3.63) is 167 Å². The van der Waals surface area contributed by atoms with Gasteiger partial charge in [0.2, 0.25) is 11.6 Å². The Labute approximate surface area is 759 Å². The second kappa shape index (κ2) is 74.5. The number of benzene rings is 3. The number of phenolic OH excluding ortho intramolecular Hbond substituents is 1. The van der Waals surface area contributed by atoms with Gasteiger partial charge in [0.05, 0.1) is 38.6 Å². The number of rotatable bonds is 25. The van der Waals surface area contributed by atoms with Crippen molar-refractivity contribution in [1.29, 1.82) is 0 Å². The van der Waals surface area contributed by atoms with E-state index in [1.807, 2.05) is 134 Å². The number of ketones is 1. The summed E-state index contributed by atoms with van der Waals surface area (Å²) in [5.41, 5.74) is 2.50. The number of fused-ring (bicyclic) bond motifs is 1. The van der Waals surface area contributed by atoms with Gasteiger partial charge in [0, 0.05) is 37.7 Å². The molecule has 0 amide bonds. The molecule has 2 heterocycles. The van der Waals surface area contributed by atoms with Crippen LogP contribution in [0.2, 0.25) is 0 Å². The minimum Gasteiger partial charge on any atom is -0.507 e. The zero-order valence-corrected chi connectivity index (χ0v) is 80.1. The molecular formula is C100H151ClF5LiO17. The number of hydrogen-bond acceptors (Lipinski definition) is 17. The van der Waals surface area contributed by atoms with Crippen LogP contribution in [0.4, 0.5) is 22.0 Å². The normalized spacial score (nSPS) is 19.1. The molecule has 24 heteroatoms. The van der Waals surface area contributed by atoms with E-state index in [1.165, 1.54) is 62.8 Å². The summed E-state index contributed by atoms with van der Waals surface area (Å²) in [6, 6.07) is 19.4. The third kappa shape index (κ3) is 59.4. The molecule has 0 bridgehead atoms. The zero-order valence-electron chi connectivity index (χ0n) is 79.4. The summed E-state index contributed by atoms with van der Waals surface area (Å²) in [7, 11) is 2.81. The van der Waals surface area contributed by atoms with Crippen LogP contribution in [0.15, 0.2) is 132 Å². The average molecular weight is 1760 g/mol. The number of cyclic esters (lactones) is 1. The molecule has 0 aliphatic carbocycles. The molecule has 0 spiro atoms. The van der Waals surface area contributed by atoms with Gasteiger partial charge in [-0.05, 0) is 190 Å². The summed E-state index contributed by atoms with van der Waals surface area (Å²) >= 11 is 5.58. The molecule has 696 valence electrons. The number of unbranched alkanes of at least 4 members (excludes halogenated alkanes) is 3. The van der Waals surface area contributed by atoms with E-state index >= 15 is 4.39 Å². The van der Waals surface area contributed by atoms with Crippen LogP contribution >= 0.6 is 11.6 Å². The van der Waals surface area contributed by atoms with Crippen LogP contribution in [0.1, 0.15) is 261 Å². The number of aldehydes is 1. The number of aliphatic hydroxyl groups is 5. The van der Waals surface area contributed by atoms with Crippen LogP contribution in [0.5, 0.6) is 11.5 Å². The molecule has 2 aliphatic heterocycles. The number of ether oxygens (including phenoxy) is 6. The zero-order chi connectivity index (χ0) is 95.8. The molecule has 5 rings (SSSR count). The maximum absolute atomic E-state index is 15.3. The second-order valence-corrected chi connectivity index (χ2v) is 32.2. The predicted molar refractivity (Wildman–Crippen MR) is 489 cm³/mol. The van der Waals surface area contributed by atoms with Crippen LogP contribution in [-0.4, -0.2) is 137 Å². The van der Waals surface area contributed by atoms with Gasteiger partial charge in [-0.15, -0.1) is 42.2 Å². The number of halogens is 6. The number of aromatic hydroxyl groups is 1. The minimum atomic E-state index is -1.91. The van der Waals surface area contributed by atoms with Crippen molar-refractivity contribution < 1.29 is 124 Å². The molecular weight excluding hydrogens is 1610 g/mol. The van der Waals surface area contributed by atoms with E-state index in [4.69, 9.17) is 58.3 Å². The van der Waals surface area contributed by atoms with Crippen molar-refractivity contribution in [1.82, 2.24) is 0 Å². The molecule has 124 heavy (non-hydrogen) atoms. The first kappa shape index (κ1) is 127. The van der Waals surface area contributed by atoms with Gasteiger partial charge in [-0.2, -0.15) is 10.8 Å². The van der Waals surface area contributed by atoms with E-state index in [1.54, 1.807) is 58.2 Å². The minimum absolute atomic E-state index is 0. The summed E-state index contributed by atoms with van der Waals surface area (Å²) in [5.74, 6) is 5.15. The largest absolute Gasteiger partial charge is 1.00 e. The molecule has 1 saturated heterocycles. The maximum atomic E-state index is 15.3. The van der Waals surface area contributed by atoms with Gasteiger partial charge in [-0.1, -0.05) is 206 Å². The average Bonchev–Trinajstić information content (AvgIpc) is 1.54. The van der Waals surface area contributed by atoms with Gasteiger partial charge in [0.15, 0.2) is 35.9 Å². The van der Waals surface area contributed by atoms with Crippen molar-refractivity contribution in [2.75, 3.05) is 27.4 Å². The van der Waals surface area contributed by atoms with E-state index in [9.17, 15) is 62.0 Å². The van der Waals surface area contributed by atoms with E-state index < -0.39 is 101 Å². The van der Waals surface area contributed by atoms with Gasteiger partial charge in [-0.25, -0.2) is 31.9 Å². The summed E-state index contributed by atoms with van der Waals surface area (Å²) < 4.78 is 99.9. The van der Waals surface area contributed by atoms with Crippen molar-refractivity contribution in [2.45, 2.75) is 285 Å². The molecule has 3 unspecified atom stereocenters. The Kier molecular flexibility index (Phi) is 76.4. The van der Waals surface area contributed by atoms with Crippen LogP contribution in [0, 0.1) is 115 Å². The van der Waals surface area contributed by atoms with Crippen LogP contribution in [-0.2, 0) is 43.9 Å². The fraction of sp³-hybridized carbons (Fsp3) is 0.580. The molecule has 0 aromatic heterocycles. The Morgan fingerprint density at radius 1 is 0.718 bits per heavy atom. The standard InChI is InChI=1S/C23H33FO4.C20H23FO6.C13H21FO.C9H15FO2.C8H9ClO.C8H13FO.C6H14O.C5H8.C4H6O.C4H9.Li/c1-7-11-19-21(28-23(5,6)27-19)20(18(24)14-16(4)15(2)3)26-22(25)17-12-9-8-10-13-17;1-10-7-13-5-4-6-15(22)19(25)18(24)14(21)9-11(2)12(3)27-20(26)17(13)16(23)8-10;1-5-6-7-8-13(15)12(14)9-11(4)10(2)3;1-6(2)7(3)5-8(10)9(11)12-4;1-10-8-4-2-7(6-9)3-5-8;1-6(2)7(3)4-8(9)5-10;1-5(2)6(3)4-7;1-3-5-4-2;1-2-3-4-5;1-3-4-2;/h8-10,12-16,19-21H,7,11H2,1-6H3;4-5,7-9,11-12,15,19,22-23,25H,6H2,1-3H3;9-11,13,15H,5-6H2,1-4H3;5-7H,1-4H3;2-5H,6H2,1H3;4-7H,1-3H3;5-7H,4H2,1-3H3;1H,4-5H2,2H3;1,5H,3-4H2;1,3-4H2,2H3;/q;;;;;;;;;-1;+1/b18-14+;5-4+,14-9+;12-9+;8-5+;;8-4+;;;;;/t16-,19+,20?,21?;11-,12+,15+,19+;11-,13?;7-;;7-;6-;;;;/m1111.11..../s1. The number of allylic oxidation sites excluding steroid dienone is 5. The number of carbonyl (C=O) groups excluding carboxylic acids is 5. The number of terminal acetylenes is 2. The Morgan fingerprint density at radius 3 is 1.64 bits per heavy atom. The SMILES string of the molecule is C#CCCC.C#CCCO.CC(C)[C@H](C)/C=C(/F)C=O.CC(C)[C@H](C)CO.CCCC#CC(O)/C(F)=C\[C@@H](C)C(C)C.CCC[C@@H]1OC(C)(C)OC1C(OC(=O)c1ccccc1)/C(F)=C\[C@@H](C)C(C)C.COC(=O)/C(F)=C\[C@@H](C)C(C)C.COc1ccc(CCl)cc1.Cc1cc(O)c2c(c1)/C=C/C[C@H](O)[C@H](O)C(=O)/C(F)=C\[C@@H](C)[C@H](C)OC2=O.[CH2-]CCC.[Li+]. The van der Waals surface area contributed by atoms with Gasteiger partial charge >= 0.3 is 36.8 Å². The number of Topliss-reactive ketones (excluding diaryl/α,β-unsaturated/α-hetero) is 1. The number of methoxy groups -OCH3 is 2. The predicted octanol–water partition coefficient (Wildman–Crippen LogP) is 19.8. The smallest absolute Gasteiger partial charge is 0.507 e. The van der Waals surface area contributed by atoms with Crippen molar-refractivity contribution >= 4 is 47.7 Å². The molecule has 6 N–H and O–H groups in total. The molecule has 1 fully saturated rings. The Bertz CT molecular complexity index is 3690. The third-order valence-corrected chi connectivity index (χ3v) is 19.4. The van der Waals surface area contributed by atoms with Gasteiger partial charge < -0.3 is 66.0 Å². The van der Waals surface area contributed by atoms with Crippen molar-refractivity contribution in [3.63, 3.8) is 0 Å². The first-order chi connectivity index (χ1) is 57.6. The number of hydrogen-bond donors (Lipinski definition) is 6. The summed E-state index contributed by atoms with van der Waals surface area (Å²) in [4.78, 5) is 57.5. The van der Waals surface area contributed by atoms with E-state index in [2.05, 4.69) is 63.0 Å². The topological polar surface area (TPSA) is 262 Å². The van der Waals surface area contributed by atoms with Crippen LogP contribution in [0.25, 0.3) is 6.08 Å². The van der Waals surface area contributed by atoms with E-state index in [0.29, 0.717) is 78.0 Å². The van der Waals surface area contributed by atoms with Crippen molar-refractivity contribution in [3.8, 4) is 48.0 Å². The van der Waals surface area contributed by atoms with Crippen molar-refractivity contribution in [2.24, 2.45) is 65.1 Å². The first-order valence-corrected chi connectivity index (χ1v) is 43.0. The summed E-state index contributed by atoms with van der Waals surface area (Å²) in [6.07, 6.45) is 19.4. The van der Waals surface area contributed by atoms with Gasteiger partial charge in [0.25, 0.3) is 0 Å². The van der Waals surface area contributed by atoms with Gasteiger partial charge in [-0.3, -0.25) is 9.59 Å². The number of aliphatic hydroxyl groups excluding tert-OH is 5. The number of alkyl halides is 1. The Morgan fingerprint density at radius 2 is 1.23 bits per heavy atom. The molecule has 17 nitrogen and oxygen atoms in total. The molecule has 2 aliphatic rings. The number of aryl methyl sites for hydroxylation is 1. The fourth-order valence-electron chi connectivity index (χ4n) is 9.02. The number of phenols is 1. The molecule has 3 aromatic carbocycles. The molecule has 13 atom stereocenters. The van der Waals surface area contributed by atoms with E-state index in [-0.39, 0.29) is 85.2 Å². The first-order valence-electron chi connectivity index (χ1n) is 42.5. The van der Waals surface area contributed by atoms with Crippen LogP contribution < -0.4 is 23.6 Å². The summed E-state index contributed by atoms with van der Waals surface area (Å²) in [6.45, 7) is 50.5. The maximum Gasteiger partial charge on any atom is 1.00 e. The number of esters is 3. The molecule has 3 aromatic rings. The quantitative estimate of drug-likeness (QED) is 0.00530.